The van der Waals surface area contributed by atoms with E-state index in [1.165, 1.54) is 10.9 Å². The molecule has 0 saturated heterocycles. The van der Waals surface area contributed by atoms with Crippen molar-refractivity contribution in [2.24, 2.45) is 0 Å². The Morgan fingerprint density at radius 1 is 1.35 bits per heavy atom. The maximum atomic E-state index is 13.2. The van der Waals surface area contributed by atoms with E-state index in [0.717, 1.165) is 42.2 Å². The molecule has 0 bridgehead atoms. The largest absolute Gasteiger partial charge is 0.312 e. The molecule has 0 fully saturated rings. The standard InChI is InChI=1S/C15H18ClFN2S/c1-3-5-13-14(9-18-4-2)20-15(19-13)10-6-7-12(17)11(16)8-10/h6-8,18H,3-5,9H2,1-2H3. The number of nitrogens with zero attached hydrogens (tertiary/aromatic N) is 1. The summed E-state index contributed by atoms with van der Waals surface area (Å²) in [5, 5.41) is 4.38. The van der Waals surface area contributed by atoms with Gasteiger partial charge in [0.05, 0.1) is 10.7 Å². The zero-order chi connectivity index (χ0) is 14.5. The Hall–Kier alpha value is -0.970. The van der Waals surface area contributed by atoms with Gasteiger partial charge in [-0.2, -0.15) is 0 Å². The smallest absolute Gasteiger partial charge is 0.141 e. The first-order valence-corrected chi connectivity index (χ1v) is 7.99. The molecule has 0 spiro atoms. The number of hydrogen-bond donors (Lipinski definition) is 1. The number of thiazole rings is 1. The summed E-state index contributed by atoms with van der Waals surface area (Å²) < 4.78 is 13.2. The highest BCUT2D eigenvalue weighted by Gasteiger charge is 2.13. The summed E-state index contributed by atoms with van der Waals surface area (Å²) in [5.74, 6) is -0.395. The lowest BCUT2D eigenvalue weighted by molar-refractivity contribution is 0.628. The number of rotatable bonds is 6. The molecule has 5 heteroatoms. The third-order valence-corrected chi connectivity index (χ3v) is 4.40. The van der Waals surface area contributed by atoms with Gasteiger partial charge in [0.2, 0.25) is 0 Å². The molecule has 20 heavy (non-hydrogen) atoms. The van der Waals surface area contributed by atoms with E-state index in [4.69, 9.17) is 16.6 Å². The van der Waals surface area contributed by atoms with Crippen LogP contribution in [0.5, 0.6) is 0 Å². The minimum Gasteiger partial charge on any atom is -0.312 e. The van der Waals surface area contributed by atoms with Gasteiger partial charge in [0, 0.05) is 17.0 Å². The van der Waals surface area contributed by atoms with Gasteiger partial charge in [-0.25, -0.2) is 9.37 Å². The van der Waals surface area contributed by atoms with E-state index in [1.807, 2.05) is 0 Å². The maximum absolute atomic E-state index is 13.2. The Labute approximate surface area is 128 Å². The Morgan fingerprint density at radius 2 is 2.15 bits per heavy atom. The van der Waals surface area contributed by atoms with Crippen molar-refractivity contribution in [2.45, 2.75) is 33.2 Å². The fourth-order valence-electron chi connectivity index (χ4n) is 1.94. The Balaban J connectivity index is 2.33. The molecule has 0 radical (unpaired) electrons. The molecule has 0 amide bonds. The molecule has 2 aromatic rings. The molecule has 0 atom stereocenters. The van der Waals surface area contributed by atoms with Crippen molar-refractivity contribution in [2.75, 3.05) is 6.54 Å². The molecule has 1 N–H and O–H groups in total. The molecule has 0 aliphatic heterocycles. The van der Waals surface area contributed by atoms with Gasteiger partial charge in [-0.15, -0.1) is 11.3 Å². The number of benzene rings is 1. The van der Waals surface area contributed by atoms with Crippen LogP contribution in [-0.4, -0.2) is 11.5 Å². The number of aromatic nitrogens is 1. The van der Waals surface area contributed by atoms with Crippen molar-refractivity contribution >= 4 is 22.9 Å². The zero-order valence-corrected chi connectivity index (χ0v) is 13.2. The summed E-state index contributed by atoms with van der Waals surface area (Å²) in [7, 11) is 0. The van der Waals surface area contributed by atoms with Gasteiger partial charge in [0.25, 0.3) is 0 Å². The van der Waals surface area contributed by atoms with Gasteiger partial charge in [0.15, 0.2) is 0 Å². The van der Waals surface area contributed by atoms with Gasteiger partial charge >= 0.3 is 0 Å². The van der Waals surface area contributed by atoms with Gasteiger partial charge in [-0.05, 0) is 31.2 Å². The first-order valence-electron chi connectivity index (χ1n) is 6.80. The van der Waals surface area contributed by atoms with Gasteiger partial charge in [-0.3, -0.25) is 0 Å². The molecule has 2 nitrogen and oxygen atoms in total. The normalized spacial score (nSPS) is 11.0. The summed E-state index contributed by atoms with van der Waals surface area (Å²) in [4.78, 5) is 5.95. The van der Waals surface area contributed by atoms with E-state index in [0.29, 0.717) is 0 Å². The number of aryl methyl sites for hydroxylation is 1. The second-order valence-electron chi connectivity index (χ2n) is 4.55. The van der Waals surface area contributed by atoms with Crippen LogP contribution in [0.15, 0.2) is 18.2 Å². The minimum atomic E-state index is -0.395. The molecule has 2 rings (SSSR count). The average Bonchev–Trinajstić information content (AvgIpc) is 2.83. The van der Waals surface area contributed by atoms with E-state index in [9.17, 15) is 4.39 Å². The third-order valence-electron chi connectivity index (χ3n) is 2.97. The Kier molecular flexibility index (Phi) is 5.52. The lowest BCUT2D eigenvalue weighted by Gasteiger charge is -2.00. The van der Waals surface area contributed by atoms with Crippen LogP contribution in [0.4, 0.5) is 4.39 Å². The van der Waals surface area contributed by atoms with Crippen LogP contribution in [0.2, 0.25) is 5.02 Å². The fourth-order valence-corrected chi connectivity index (χ4v) is 3.20. The Bertz CT molecular complexity index is 583. The predicted octanol–water partition coefficient (Wildman–Crippen LogP) is 4.66. The van der Waals surface area contributed by atoms with Crippen LogP contribution in [0.25, 0.3) is 10.6 Å². The monoisotopic (exact) mass is 312 g/mol. The zero-order valence-electron chi connectivity index (χ0n) is 11.7. The van der Waals surface area contributed by atoms with E-state index in [-0.39, 0.29) is 5.02 Å². The molecule has 1 heterocycles. The molecular formula is C15H18ClFN2S. The summed E-state index contributed by atoms with van der Waals surface area (Å²) in [5.41, 5.74) is 2.01. The van der Waals surface area contributed by atoms with E-state index >= 15 is 0 Å². The predicted molar refractivity (Wildman–Crippen MR) is 83.9 cm³/mol. The second-order valence-corrected chi connectivity index (χ2v) is 6.04. The van der Waals surface area contributed by atoms with Crippen molar-refractivity contribution in [1.82, 2.24) is 10.3 Å². The molecule has 0 unspecified atom stereocenters. The molecular weight excluding hydrogens is 295 g/mol. The van der Waals surface area contributed by atoms with E-state index in [2.05, 4.69) is 19.2 Å². The summed E-state index contributed by atoms with van der Waals surface area (Å²) in [6.07, 6.45) is 2.03. The lowest BCUT2D eigenvalue weighted by Crippen LogP contribution is -2.11. The van der Waals surface area contributed by atoms with Crippen molar-refractivity contribution < 1.29 is 4.39 Å². The highest BCUT2D eigenvalue weighted by atomic mass is 35.5. The van der Waals surface area contributed by atoms with Crippen molar-refractivity contribution in [3.05, 3.63) is 39.6 Å². The Morgan fingerprint density at radius 3 is 2.80 bits per heavy atom. The SMILES string of the molecule is CCCc1nc(-c2ccc(F)c(Cl)c2)sc1CNCC. The average molecular weight is 313 g/mol. The first kappa shape index (κ1) is 15.4. The maximum Gasteiger partial charge on any atom is 0.141 e. The molecule has 0 saturated carbocycles. The number of halogens is 2. The highest BCUT2D eigenvalue weighted by Crippen LogP contribution is 2.31. The first-order chi connectivity index (χ1) is 9.65. The van der Waals surface area contributed by atoms with E-state index in [1.54, 1.807) is 23.5 Å². The van der Waals surface area contributed by atoms with Gasteiger partial charge in [-0.1, -0.05) is 31.9 Å². The van der Waals surface area contributed by atoms with Crippen LogP contribution < -0.4 is 5.32 Å². The number of nitrogens with one attached hydrogen (secondary N) is 1. The second kappa shape index (κ2) is 7.16. The van der Waals surface area contributed by atoms with Crippen LogP contribution in [-0.2, 0) is 13.0 Å². The fraction of sp³-hybridized carbons (Fsp3) is 0.400. The molecule has 108 valence electrons. The minimum absolute atomic E-state index is 0.142. The summed E-state index contributed by atoms with van der Waals surface area (Å²) in [6, 6.07) is 4.76. The summed E-state index contributed by atoms with van der Waals surface area (Å²) in [6.45, 7) is 5.99. The molecule has 0 aliphatic rings. The topological polar surface area (TPSA) is 24.9 Å². The van der Waals surface area contributed by atoms with E-state index < -0.39 is 5.82 Å². The van der Waals surface area contributed by atoms with Gasteiger partial charge in [0.1, 0.15) is 10.8 Å². The highest BCUT2D eigenvalue weighted by molar-refractivity contribution is 7.15. The van der Waals surface area contributed by atoms with Crippen molar-refractivity contribution in [3.8, 4) is 10.6 Å². The van der Waals surface area contributed by atoms with Crippen molar-refractivity contribution in [3.63, 3.8) is 0 Å². The number of hydrogen-bond acceptors (Lipinski definition) is 3. The third kappa shape index (κ3) is 3.57. The van der Waals surface area contributed by atoms with Crippen LogP contribution in [0, 0.1) is 5.82 Å². The lowest BCUT2D eigenvalue weighted by atomic mass is 10.2. The summed E-state index contributed by atoms with van der Waals surface area (Å²) >= 11 is 7.50. The van der Waals surface area contributed by atoms with Crippen LogP contribution >= 0.6 is 22.9 Å². The molecule has 1 aromatic carbocycles. The van der Waals surface area contributed by atoms with Crippen LogP contribution in [0.3, 0.4) is 0 Å². The van der Waals surface area contributed by atoms with Crippen molar-refractivity contribution in [1.29, 1.82) is 0 Å². The van der Waals surface area contributed by atoms with Gasteiger partial charge < -0.3 is 5.32 Å². The molecule has 0 aliphatic carbocycles. The quantitative estimate of drug-likeness (QED) is 0.838. The molecule has 1 aromatic heterocycles. The van der Waals surface area contributed by atoms with Crippen LogP contribution in [0.1, 0.15) is 30.8 Å².